The first-order chi connectivity index (χ1) is 7.45. The van der Waals surface area contributed by atoms with E-state index >= 15 is 0 Å². The molecule has 4 nitrogen and oxygen atoms in total. The third-order valence-corrected chi connectivity index (χ3v) is 3.47. The van der Waals surface area contributed by atoms with Crippen molar-refractivity contribution >= 4 is 21.8 Å². The van der Waals surface area contributed by atoms with Crippen molar-refractivity contribution in [1.82, 2.24) is 5.32 Å². The van der Waals surface area contributed by atoms with Gasteiger partial charge < -0.3 is 15.2 Å². The number of phenols is 1. The SMILES string of the molecule is CNC(=O)c1c(C)c(Br)c(O)c(OC)c1C. The van der Waals surface area contributed by atoms with E-state index in [4.69, 9.17) is 4.74 Å². The second-order valence-corrected chi connectivity index (χ2v) is 4.19. The van der Waals surface area contributed by atoms with Gasteiger partial charge in [-0.2, -0.15) is 0 Å². The van der Waals surface area contributed by atoms with Crippen LogP contribution in [0.4, 0.5) is 0 Å². The predicted octanol–water partition coefficient (Wildman–Crippen LogP) is 2.14. The Hall–Kier alpha value is -1.23. The Morgan fingerprint density at radius 2 is 1.94 bits per heavy atom. The lowest BCUT2D eigenvalue weighted by Crippen LogP contribution is -2.20. The minimum atomic E-state index is -0.200. The number of methoxy groups -OCH3 is 1. The van der Waals surface area contributed by atoms with Crippen LogP contribution in [0.3, 0.4) is 0 Å². The van der Waals surface area contributed by atoms with E-state index < -0.39 is 0 Å². The van der Waals surface area contributed by atoms with Gasteiger partial charge in [0.25, 0.3) is 5.91 Å². The average molecular weight is 288 g/mol. The monoisotopic (exact) mass is 287 g/mol. The Morgan fingerprint density at radius 3 is 2.38 bits per heavy atom. The van der Waals surface area contributed by atoms with Gasteiger partial charge in [0.1, 0.15) is 0 Å². The molecule has 1 aromatic rings. The highest BCUT2D eigenvalue weighted by Gasteiger charge is 2.21. The van der Waals surface area contributed by atoms with Crippen molar-refractivity contribution in [3.8, 4) is 11.5 Å². The number of nitrogens with one attached hydrogen (secondary N) is 1. The Kier molecular flexibility index (Phi) is 3.80. The quantitative estimate of drug-likeness (QED) is 0.876. The van der Waals surface area contributed by atoms with Gasteiger partial charge in [0, 0.05) is 12.6 Å². The standard InChI is InChI=1S/C11H14BrNO3/c1-5-7(11(15)13-3)6(2)10(16-4)9(14)8(5)12/h14H,1-4H3,(H,13,15). The molecular weight excluding hydrogens is 274 g/mol. The van der Waals surface area contributed by atoms with Crippen LogP contribution >= 0.6 is 15.9 Å². The van der Waals surface area contributed by atoms with Gasteiger partial charge in [0.15, 0.2) is 11.5 Å². The summed E-state index contributed by atoms with van der Waals surface area (Å²) in [6, 6.07) is 0. The number of aromatic hydroxyl groups is 1. The molecule has 1 aromatic carbocycles. The van der Waals surface area contributed by atoms with Gasteiger partial charge in [-0.3, -0.25) is 4.79 Å². The molecule has 0 aliphatic carbocycles. The van der Waals surface area contributed by atoms with Crippen molar-refractivity contribution in [3.63, 3.8) is 0 Å². The molecule has 1 rings (SSSR count). The van der Waals surface area contributed by atoms with Crippen molar-refractivity contribution in [2.45, 2.75) is 13.8 Å². The molecule has 0 fully saturated rings. The molecule has 0 aliphatic rings. The molecule has 2 N–H and O–H groups in total. The van der Waals surface area contributed by atoms with Crippen LogP contribution in [-0.4, -0.2) is 25.2 Å². The topological polar surface area (TPSA) is 58.6 Å². The second kappa shape index (κ2) is 4.74. The first-order valence-electron chi connectivity index (χ1n) is 4.73. The molecule has 0 heterocycles. The third-order valence-electron chi connectivity index (χ3n) is 2.50. The minimum Gasteiger partial charge on any atom is -0.503 e. The molecule has 0 radical (unpaired) electrons. The molecule has 0 saturated heterocycles. The summed E-state index contributed by atoms with van der Waals surface area (Å²) in [5, 5.41) is 12.4. The number of halogens is 1. The summed E-state index contributed by atoms with van der Waals surface area (Å²) < 4.78 is 5.57. The predicted molar refractivity (Wildman–Crippen MR) is 65.2 cm³/mol. The van der Waals surface area contributed by atoms with E-state index in [0.29, 0.717) is 26.9 Å². The van der Waals surface area contributed by atoms with Crippen LogP contribution in [0.5, 0.6) is 11.5 Å². The number of hydrogen-bond donors (Lipinski definition) is 2. The minimum absolute atomic E-state index is 0.0187. The number of benzene rings is 1. The molecule has 1 amide bonds. The summed E-state index contributed by atoms with van der Waals surface area (Å²) in [5.41, 5.74) is 1.83. The zero-order valence-corrected chi connectivity index (χ0v) is 11.2. The number of amides is 1. The molecule has 0 atom stereocenters. The van der Waals surface area contributed by atoms with Crippen LogP contribution in [0.25, 0.3) is 0 Å². The fourth-order valence-corrected chi connectivity index (χ4v) is 2.05. The van der Waals surface area contributed by atoms with E-state index in [2.05, 4.69) is 21.2 Å². The maximum Gasteiger partial charge on any atom is 0.251 e. The van der Waals surface area contributed by atoms with Crippen molar-refractivity contribution in [2.24, 2.45) is 0 Å². The lowest BCUT2D eigenvalue weighted by atomic mass is 10.0. The Bertz CT molecular complexity index is 444. The molecule has 0 saturated carbocycles. The Labute approximate surface area is 103 Å². The molecular formula is C11H14BrNO3. The molecule has 16 heavy (non-hydrogen) atoms. The van der Waals surface area contributed by atoms with E-state index in [-0.39, 0.29) is 11.7 Å². The van der Waals surface area contributed by atoms with E-state index in [0.717, 1.165) is 0 Å². The lowest BCUT2D eigenvalue weighted by Gasteiger charge is -2.16. The van der Waals surface area contributed by atoms with Gasteiger partial charge in [0.2, 0.25) is 0 Å². The zero-order valence-electron chi connectivity index (χ0n) is 9.64. The summed E-state index contributed by atoms with van der Waals surface area (Å²) in [7, 11) is 3.02. The van der Waals surface area contributed by atoms with Crippen LogP contribution in [0.1, 0.15) is 21.5 Å². The molecule has 0 aliphatic heterocycles. The lowest BCUT2D eigenvalue weighted by molar-refractivity contribution is 0.0961. The van der Waals surface area contributed by atoms with Gasteiger partial charge in [-0.15, -0.1) is 0 Å². The average Bonchev–Trinajstić information content (AvgIpc) is 2.27. The summed E-state index contributed by atoms with van der Waals surface area (Å²) in [5.74, 6) is 0.134. The Morgan fingerprint density at radius 1 is 1.38 bits per heavy atom. The summed E-state index contributed by atoms with van der Waals surface area (Å²) in [4.78, 5) is 11.7. The maximum atomic E-state index is 11.7. The van der Waals surface area contributed by atoms with Crippen LogP contribution in [0.2, 0.25) is 0 Å². The molecule has 0 bridgehead atoms. The van der Waals surface area contributed by atoms with E-state index in [1.54, 1.807) is 20.9 Å². The van der Waals surface area contributed by atoms with E-state index in [1.807, 2.05) is 0 Å². The highest BCUT2D eigenvalue weighted by atomic mass is 79.9. The number of carbonyl (C=O) groups is 1. The highest BCUT2D eigenvalue weighted by Crippen LogP contribution is 2.41. The molecule has 0 aromatic heterocycles. The first kappa shape index (κ1) is 12.8. The van der Waals surface area contributed by atoms with Crippen LogP contribution < -0.4 is 10.1 Å². The van der Waals surface area contributed by atoms with E-state index in [9.17, 15) is 9.90 Å². The normalized spacial score (nSPS) is 10.1. The largest absolute Gasteiger partial charge is 0.503 e. The number of ether oxygens (including phenoxy) is 1. The third kappa shape index (κ3) is 1.87. The van der Waals surface area contributed by atoms with Gasteiger partial charge in [-0.1, -0.05) is 0 Å². The van der Waals surface area contributed by atoms with E-state index in [1.165, 1.54) is 7.11 Å². The molecule has 0 unspecified atom stereocenters. The Balaban J connectivity index is 3.62. The van der Waals surface area contributed by atoms with Crippen LogP contribution in [-0.2, 0) is 0 Å². The number of carbonyl (C=O) groups excluding carboxylic acids is 1. The van der Waals surface area contributed by atoms with Crippen LogP contribution in [0.15, 0.2) is 4.47 Å². The van der Waals surface area contributed by atoms with Crippen molar-refractivity contribution in [3.05, 3.63) is 21.2 Å². The first-order valence-corrected chi connectivity index (χ1v) is 5.52. The van der Waals surface area contributed by atoms with Gasteiger partial charge in [-0.25, -0.2) is 0 Å². The summed E-state index contributed by atoms with van der Waals surface area (Å²) in [6.07, 6.45) is 0. The fraction of sp³-hybridized carbons (Fsp3) is 0.364. The molecule has 5 heteroatoms. The van der Waals surface area contributed by atoms with Gasteiger partial charge >= 0.3 is 0 Å². The zero-order chi connectivity index (χ0) is 12.5. The number of phenolic OH excluding ortho intramolecular Hbond substituents is 1. The molecule has 88 valence electrons. The van der Waals surface area contributed by atoms with Crippen molar-refractivity contribution < 1.29 is 14.6 Å². The molecule has 0 spiro atoms. The summed E-state index contributed by atoms with van der Waals surface area (Å²) >= 11 is 3.24. The number of hydrogen-bond acceptors (Lipinski definition) is 3. The smallest absolute Gasteiger partial charge is 0.251 e. The van der Waals surface area contributed by atoms with Crippen molar-refractivity contribution in [1.29, 1.82) is 0 Å². The van der Waals surface area contributed by atoms with Gasteiger partial charge in [-0.05, 0) is 35.3 Å². The maximum absolute atomic E-state index is 11.7. The van der Waals surface area contributed by atoms with Crippen molar-refractivity contribution in [2.75, 3.05) is 14.2 Å². The fourth-order valence-electron chi connectivity index (χ4n) is 1.67. The second-order valence-electron chi connectivity index (χ2n) is 3.40. The van der Waals surface area contributed by atoms with Crippen LogP contribution in [0, 0.1) is 13.8 Å². The number of rotatable bonds is 2. The highest BCUT2D eigenvalue weighted by molar-refractivity contribution is 9.10. The summed E-state index contributed by atoms with van der Waals surface area (Å²) in [6.45, 7) is 3.50. The van der Waals surface area contributed by atoms with Gasteiger partial charge in [0.05, 0.1) is 17.1 Å².